The fraction of sp³-hybridized carbons (Fsp3) is 0.200. The van der Waals surface area contributed by atoms with Crippen LogP contribution in [0.5, 0.6) is 0 Å². The van der Waals surface area contributed by atoms with Gasteiger partial charge in [-0.2, -0.15) is 11.8 Å². The van der Waals surface area contributed by atoms with Crippen molar-refractivity contribution >= 4 is 23.4 Å². The van der Waals surface area contributed by atoms with Crippen molar-refractivity contribution in [3.8, 4) is 0 Å². The van der Waals surface area contributed by atoms with Crippen molar-refractivity contribution in [3.05, 3.63) is 84.1 Å². The second-order valence-electron chi connectivity index (χ2n) is 5.89. The molecule has 0 saturated carbocycles. The maximum absolute atomic E-state index is 12.3. The first-order chi connectivity index (χ1) is 11.6. The van der Waals surface area contributed by atoms with E-state index in [-0.39, 0.29) is 5.97 Å². The van der Waals surface area contributed by atoms with Gasteiger partial charge in [-0.15, -0.1) is 0 Å². The quantitative estimate of drug-likeness (QED) is 0.766. The van der Waals surface area contributed by atoms with E-state index in [2.05, 4.69) is 18.7 Å². The van der Waals surface area contributed by atoms with Crippen LogP contribution in [0, 0.1) is 0 Å². The van der Waals surface area contributed by atoms with Gasteiger partial charge in [0.15, 0.2) is 5.54 Å². The lowest BCUT2D eigenvalue weighted by atomic mass is 10.0. The van der Waals surface area contributed by atoms with Gasteiger partial charge in [-0.25, -0.2) is 4.79 Å². The van der Waals surface area contributed by atoms with Crippen molar-refractivity contribution in [3.63, 3.8) is 0 Å². The third-order valence-corrected chi connectivity index (χ3v) is 5.12. The van der Waals surface area contributed by atoms with E-state index in [0.717, 1.165) is 11.3 Å². The number of carbonyl (C=O) groups excluding carboxylic acids is 1. The van der Waals surface area contributed by atoms with E-state index in [1.165, 1.54) is 5.56 Å². The molecule has 2 aromatic rings. The molecule has 0 N–H and O–H groups in total. The average molecular weight is 337 g/mol. The largest absolute Gasteiger partial charge is 0.423 e. The van der Waals surface area contributed by atoms with Crippen LogP contribution in [-0.2, 0) is 15.3 Å². The minimum Gasteiger partial charge on any atom is -0.423 e. The number of esters is 1. The number of cyclic esters (lactones) is 1. The first-order valence-electron chi connectivity index (χ1n) is 7.77. The molecule has 0 bridgehead atoms. The molecule has 0 amide bonds. The van der Waals surface area contributed by atoms with Crippen LogP contribution in [0.1, 0.15) is 18.1 Å². The summed E-state index contributed by atoms with van der Waals surface area (Å²) in [5.41, 5.74) is 1.89. The van der Waals surface area contributed by atoms with E-state index in [1.807, 2.05) is 55.5 Å². The number of carbonyl (C=O) groups is 1. The summed E-state index contributed by atoms with van der Waals surface area (Å²) >= 11 is 1.68. The molecule has 122 valence electrons. The Morgan fingerprint density at radius 1 is 1.08 bits per heavy atom. The number of nitrogens with zero attached hydrogens (tertiary/aromatic N) is 1. The molecule has 3 nitrogen and oxygen atoms in total. The van der Waals surface area contributed by atoms with Gasteiger partial charge >= 0.3 is 5.97 Å². The average Bonchev–Trinajstić information content (AvgIpc) is 2.60. The molecule has 0 saturated heterocycles. The summed E-state index contributed by atoms with van der Waals surface area (Å²) in [6, 6.07) is 19.9. The zero-order valence-electron chi connectivity index (χ0n) is 13.6. The molecule has 1 aliphatic heterocycles. The summed E-state index contributed by atoms with van der Waals surface area (Å²) in [5, 5.41) is 0. The normalized spacial score (nSPS) is 20.5. The van der Waals surface area contributed by atoms with Gasteiger partial charge < -0.3 is 4.74 Å². The number of allylic oxidation sites excluding steroid dienone is 1. The Bertz CT molecular complexity index is 771. The fourth-order valence-corrected chi connectivity index (χ4v) is 3.59. The third kappa shape index (κ3) is 3.60. The number of benzene rings is 2. The van der Waals surface area contributed by atoms with Crippen LogP contribution < -0.4 is 0 Å². The molecule has 1 heterocycles. The van der Waals surface area contributed by atoms with Gasteiger partial charge in [-0.05, 0) is 12.5 Å². The van der Waals surface area contributed by atoms with E-state index in [4.69, 9.17) is 9.73 Å². The van der Waals surface area contributed by atoms with Gasteiger partial charge in [0.25, 0.3) is 0 Å². The Balaban J connectivity index is 1.78. The van der Waals surface area contributed by atoms with E-state index in [1.54, 1.807) is 11.8 Å². The van der Waals surface area contributed by atoms with E-state index < -0.39 is 5.54 Å². The van der Waals surface area contributed by atoms with Crippen molar-refractivity contribution in [2.45, 2.75) is 18.2 Å². The predicted molar refractivity (Wildman–Crippen MR) is 99.2 cm³/mol. The van der Waals surface area contributed by atoms with Crippen LogP contribution in [0.2, 0.25) is 0 Å². The van der Waals surface area contributed by atoms with Crippen molar-refractivity contribution in [1.29, 1.82) is 0 Å². The monoisotopic (exact) mass is 337 g/mol. The highest BCUT2D eigenvalue weighted by atomic mass is 32.2. The molecule has 0 unspecified atom stereocenters. The van der Waals surface area contributed by atoms with Crippen LogP contribution in [0.4, 0.5) is 0 Å². The van der Waals surface area contributed by atoms with Crippen LogP contribution in [0.25, 0.3) is 0 Å². The molecule has 1 aliphatic rings. The van der Waals surface area contributed by atoms with Crippen molar-refractivity contribution in [2.75, 3.05) is 5.75 Å². The molecule has 0 aromatic heterocycles. The minimum absolute atomic E-state index is 0.316. The Morgan fingerprint density at radius 3 is 2.38 bits per heavy atom. The molecule has 0 radical (unpaired) electrons. The van der Waals surface area contributed by atoms with Gasteiger partial charge in [-0.1, -0.05) is 67.2 Å². The molecule has 0 fully saturated rings. The van der Waals surface area contributed by atoms with Gasteiger partial charge in [0, 0.05) is 17.1 Å². The van der Waals surface area contributed by atoms with Gasteiger partial charge in [-0.3, -0.25) is 4.99 Å². The number of aliphatic imine (C=N–C) groups is 1. The van der Waals surface area contributed by atoms with E-state index >= 15 is 0 Å². The number of hydrogen-bond donors (Lipinski definition) is 0. The van der Waals surface area contributed by atoms with Crippen molar-refractivity contribution in [1.82, 2.24) is 0 Å². The number of ether oxygens (including phenoxy) is 1. The van der Waals surface area contributed by atoms with Crippen LogP contribution in [0.3, 0.4) is 0 Å². The molecule has 1 atom stereocenters. The summed E-state index contributed by atoms with van der Waals surface area (Å²) in [6.07, 6.45) is 0. The lowest BCUT2D eigenvalue weighted by Gasteiger charge is -2.29. The molecule has 2 aromatic carbocycles. The predicted octanol–water partition coefficient (Wildman–Crippen LogP) is 4.24. The van der Waals surface area contributed by atoms with Gasteiger partial charge in [0.05, 0.1) is 0 Å². The Labute approximate surface area is 146 Å². The Kier molecular flexibility index (Phi) is 4.86. The highest BCUT2D eigenvalue weighted by Crippen LogP contribution is 2.29. The Morgan fingerprint density at radius 2 is 1.71 bits per heavy atom. The Hall–Kier alpha value is -2.33. The number of hydrogen-bond acceptors (Lipinski definition) is 4. The molecular formula is C20H19NO2S. The zero-order chi connectivity index (χ0) is 17.0. The molecule has 0 aliphatic carbocycles. The lowest BCUT2D eigenvalue weighted by molar-refractivity contribution is -0.144. The lowest BCUT2D eigenvalue weighted by Crippen LogP contribution is -2.43. The zero-order valence-corrected chi connectivity index (χ0v) is 14.4. The van der Waals surface area contributed by atoms with Crippen molar-refractivity contribution in [2.24, 2.45) is 4.99 Å². The second kappa shape index (κ2) is 7.05. The van der Waals surface area contributed by atoms with Crippen LogP contribution >= 0.6 is 11.8 Å². The molecule has 4 heteroatoms. The maximum Gasteiger partial charge on any atom is 0.340 e. The molecule has 0 spiro atoms. The first kappa shape index (κ1) is 16.5. The summed E-state index contributed by atoms with van der Waals surface area (Å²) < 4.78 is 5.39. The smallest absolute Gasteiger partial charge is 0.340 e. The van der Waals surface area contributed by atoms with Gasteiger partial charge in [0.2, 0.25) is 0 Å². The first-order valence-corrected chi connectivity index (χ1v) is 8.92. The summed E-state index contributed by atoms with van der Waals surface area (Å²) in [4.78, 5) is 17.0. The highest BCUT2D eigenvalue weighted by Gasteiger charge is 2.40. The third-order valence-electron chi connectivity index (χ3n) is 3.82. The number of thioether (sulfide) groups is 1. The standard InChI is InChI=1S/C20H19NO2S/c1-15-18(17-11-7-4-8-12-17)21-20(2,19(22)23-15)14-24-13-16-9-5-3-6-10-16/h3-12H,1,13-14H2,2H3/t20-/m1/s1. The van der Waals surface area contributed by atoms with E-state index in [9.17, 15) is 4.79 Å². The van der Waals surface area contributed by atoms with E-state index in [0.29, 0.717) is 17.2 Å². The number of rotatable bonds is 5. The van der Waals surface area contributed by atoms with Crippen LogP contribution in [0.15, 0.2) is 78.0 Å². The van der Waals surface area contributed by atoms with Crippen LogP contribution in [-0.4, -0.2) is 23.0 Å². The summed E-state index contributed by atoms with van der Waals surface area (Å²) in [6.45, 7) is 5.66. The maximum atomic E-state index is 12.3. The topological polar surface area (TPSA) is 38.7 Å². The fourth-order valence-electron chi connectivity index (χ4n) is 2.48. The molecule has 3 rings (SSSR count). The second-order valence-corrected chi connectivity index (χ2v) is 6.88. The minimum atomic E-state index is -0.897. The summed E-state index contributed by atoms with van der Waals surface area (Å²) in [7, 11) is 0. The molecule has 24 heavy (non-hydrogen) atoms. The summed E-state index contributed by atoms with van der Waals surface area (Å²) in [5.74, 6) is 1.37. The highest BCUT2D eigenvalue weighted by molar-refractivity contribution is 7.98. The SMILES string of the molecule is C=C1OC(=O)[C@@](C)(CSCc2ccccc2)N=C1c1ccccc1. The van der Waals surface area contributed by atoms with Gasteiger partial charge in [0.1, 0.15) is 11.5 Å². The molecular weight excluding hydrogens is 318 g/mol. The van der Waals surface area contributed by atoms with Crippen molar-refractivity contribution < 1.29 is 9.53 Å².